The van der Waals surface area contributed by atoms with Crippen LogP contribution in [-0.4, -0.2) is 32.3 Å². The summed E-state index contributed by atoms with van der Waals surface area (Å²) in [5.41, 5.74) is 3.30. The number of hydrogen-bond donors (Lipinski definition) is 0. The van der Waals surface area contributed by atoms with Crippen LogP contribution in [0, 0.1) is 6.92 Å². The van der Waals surface area contributed by atoms with E-state index >= 15 is 0 Å². The zero-order valence-corrected chi connectivity index (χ0v) is 14.1. The number of hydrogen-bond acceptors (Lipinski definition) is 5. The predicted octanol–water partition coefficient (Wildman–Crippen LogP) is 3.11. The maximum atomic E-state index is 12.9. The first-order chi connectivity index (χ1) is 11.7. The molecule has 0 radical (unpaired) electrons. The molecule has 1 amide bonds. The normalized spacial score (nSPS) is 13.6. The standard InChI is InChI=1S/C18H16N4OS/c1-12-15(24-17(21-12)16-19-8-4-9-20-16)18(23)22-10-7-13-5-2-3-6-14(13)11-22/h2-6,8-9H,7,10-11H2,1H3. The van der Waals surface area contributed by atoms with Gasteiger partial charge in [-0.05, 0) is 30.5 Å². The largest absolute Gasteiger partial charge is 0.333 e. The lowest BCUT2D eigenvalue weighted by Gasteiger charge is -2.28. The molecule has 120 valence electrons. The molecule has 0 N–H and O–H groups in total. The topological polar surface area (TPSA) is 59.0 Å². The minimum absolute atomic E-state index is 0.0432. The maximum absolute atomic E-state index is 12.9. The lowest BCUT2D eigenvalue weighted by molar-refractivity contribution is 0.0738. The van der Waals surface area contributed by atoms with E-state index in [9.17, 15) is 4.79 Å². The van der Waals surface area contributed by atoms with Crippen molar-refractivity contribution in [1.29, 1.82) is 0 Å². The zero-order chi connectivity index (χ0) is 16.5. The van der Waals surface area contributed by atoms with Crippen molar-refractivity contribution in [2.75, 3.05) is 6.54 Å². The van der Waals surface area contributed by atoms with E-state index in [-0.39, 0.29) is 5.91 Å². The molecular formula is C18H16N4OS. The molecule has 0 saturated heterocycles. The molecule has 5 nitrogen and oxygen atoms in total. The van der Waals surface area contributed by atoms with Gasteiger partial charge in [0, 0.05) is 25.5 Å². The fourth-order valence-electron chi connectivity index (χ4n) is 2.91. The number of carbonyl (C=O) groups is 1. The second-order valence-electron chi connectivity index (χ2n) is 5.75. The summed E-state index contributed by atoms with van der Waals surface area (Å²) in [6, 6.07) is 10.1. The number of rotatable bonds is 2. The fourth-order valence-corrected chi connectivity index (χ4v) is 3.90. The molecule has 1 aromatic carbocycles. The van der Waals surface area contributed by atoms with Crippen LogP contribution in [0.25, 0.3) is 10.8 Å². The van der Waals surface area contributed by atoms with Crippen molar-refractivity contribution in [3.63, 3.8) is 0 Å². The molecule has 0 saturated carbocycles. The lowest BCUT2D eigenvalue weighted by atomic mass is 10.00. The Hall–Kier alpha value is -2.60. The third kappa shape index (κ3) is 2.69. The summed E-state index contributed by atoms with van der Waals surface area (Å²) in [5, 5.41) is 0.689. The van der Waals surface area contributed by atoms with E-state index in [0.29, 0.717) is 22.3 Å². The third-order valence-electron chi connectivity index (χ3n) is 4.17. The smallest absolute Gasteiger partial charge is 0.266 e. The van der Waals surface area contributed by atoms with Crippen molar-refractivity contribution in [3.8, 4) is 10.8 Å². The molecule has 3 aromatic rings. The number of aromatic nitrogens is 3. The number of amides is 1. The third-order valence-corrected chi connectivity index (χ3v) is 5.31. The summed E-state index contributed by atoms with van der Waals surface area (Å²) in [6.07, 6.45) is 4.26. The number of benzene rings is 1. The zero-order valence-electron chi connectivity index (χ0n) is 13.3. The Balaban J connectivity index is 1.61. The quantitative estimate of drug-likeness (QED) is 0.721. The highest BCUT2D eigenvalue weighted by Crippen LogP contribution is 2.28. The van der Waals surface area contributed by atoms with Gasteiger partial charge in [-0.3, -0.25) is 4.79 Å². The van der Waals surface area contributed by atoms with Gasteiger partial charge in [0.05, 0.1) is 5.69 Å². The SMILES string of the molecule is Cc1nc(-c2ncccn2)sc1C(=O)N1CCc2ccccc2C1. The van der Waals surface area contributed by atoms with Crippen LogP contribution in [0.15, 0.2) is 42.7 Å². The Kier molecular flexibility index (Phi) is 3.82. The van der Waals surface area contributed by atoms with Crippen LogP contribution in [0.4, 0.5) is 0 Å². The van der Waals surface area contributed by atoms with E-state index in [2.05, 4.69) is 33.2 Å². The van der Waals surface area contributed by atoms with Crippen LogP contribution in [0.2, 0.25) is 0 Å². The van der Waals surface area contributed by atoms with Crippen molar-refractivity contribution in [3.05, 3.63) is 64.4 Å². The number of carbonyl (C=O) groups excluding carboxylic acids is 1. The molecule has 3 heterocycles. The van der Waals surface area contributed by atoms with E-state index in [4.69, 9.17) is 0 Å². The van der Waals surface area contributed by atoms with Gasteiger partial charge in [-0.2, -0.15) is 0 Å². The van der Waals surface area contributed by atoms with Crippen LogP contribution in [-0.2, 0) is 13.0 Å². The summed E-state index contributed by atoms with van der Waals surface area (Å²) in [5.74, 6) is 0.607. The number of thiazole rings is 1. The monoisotopic (exact) mass is 336 g/mol. The molecule has 0 fully saturated rings. The molecule has 6 heteroatoms. The fraction of sp³-hybridized carbons (Fsp3) is 0.222. The summed E-state index contributed by atoms with van der Waals surface area (Å²) in [4.78, 5) is 28.4. The van der Waals surface area contributed by atoms with Crippen LogP contribution in [0.1, 0.15) is 26.5 Å². The van der Waals surface area contributed by atoms with Crippen LogP contribution >= 0.6 is 11.3 Å². The van der Waals surface area contributed by atoms with Crippen molar-refractivity contribution in [2.45, 2.75) is 19.9 Å². The summed E-state index contributed by atoms with van der Waals surface area (Å²) < 4.78 is 0. The second kappa shape index (κ2) is 6.13. The molecule has 1 aliphatic rings. The molecule has 0 spiro atoms. The van der Waals surface area contributed by atoms with Gasteiger partial charge in [-0.1, -0.05) is 24.3 Å². The van der Waals surface area contributed by atoms with Gasteiger partial charge < -0.3 is 4.90 Å². The van der Waals surface area contributed by atoms with Crippen molar-refractivity contribution < 1.29 is 4.79 Å². The molecule has 0 atom stereocenters. The van der Waals surface area contributed by atoms with Crippen molar-refractivity contribution >= 4 is 17.2 Å². The molecular weight excluding hydrogens is 320 g/mol. The number of fused-ring (bicyclic) bond motifs is 1. The highest BCUT2D eigenvalue weighted by atomic mass is 32.1. The first-order valence-corrected chi connectivity index (χ1v) is 8.65. The summed E-state index contributed by atoms with van der Waals surface area (Å²) in [6.45, 7) is 3.27. The van der Waals surface area contributed by atoms with Gasteiger partial charge in [-0.25, -0.2) is 15.0 Å². The minimum Gasteiger partial charge on any atom is -0.333 e. The van der Waals surface area contributed by atoms with Crippen LogP contribution in [0.5, 0.6) is 0 Å². The molecule has 24 heavy (non-hydrogen) atoms. The Bertz CT molecular complexity index is 891. The van der Waals surface area contributed by atoms with Gasteiger partial charge in [0.15, 0.2) is 10.8 Å². The first-order valence-electron chi connectivity index (χ1n) is 7.83. The molecule has 0 unspecified atom stereocenters. The summed E-state index contributed by atoms with van der Waals surface area (Å²) >= 11 is 1.37. The van der Waals surface area contributed by atoms with Gasteiger partial charge in [0.25, 0.3) is 5.91 Å². The molecule has 0 aliphatic carbocycles. The maximum Gasteiger partial charge on any atom is 0.266 e. The Morgan fingerprint density at radius 3 is 2.67 bits per heavy atom. The van der Waals surface area contributed by atoms with Gasteiger partial charge in [0.2, 0.25) is 0 Å². The average molecular weight is 336 g/mol. The van der Waals surface area contributed by atoms with Gasteiger partial charge >= 0.3 is 0 Å². The summed E-state index contributed by atoms with van der Waals surface area (Å²) in [7, 11) is 0. The van der Waals surface area contributed by atoms with Gasteiger partial charge in [-0.15, -0.1) is 11.3 Å². The predicted molar refractivity (Wildman–Crippen MR) is 92.8 cm³/mol. The lowest BCUT2D eigenvalue weighted by Crippen LogP contribution is -2.35. The Morgan fingerprint density at radius 1 is 1.12 bits per heavy atom. The van der Waals surface area contributed by atoms with E-state index in [1.54, 1.807) is 18.5 Å². The Labute approximate surface area is 144 Å². The molecule has 2 aromatic heterocycles. The van der Waals surface area contributed by atoms with E-state index in [1.165, 1.54) is 22.5 Å². The van der Waals surface area contributed by atoms with Crippen LogP contribution < -0.4 is 0 Å². The second-order valence-corrected chi connectivity index (χ2v) is 6.75. The highest BCUT2D eigenvalue weighted by Gasteiger charge is 2.25. The number of aryl methyl sites for hydroxylation is 1. The Morgan fingerprint density at radius 2 is 1.88 bits per heavy atom. The molecule has 4 rings (SSSR count). The van der Waals surface area contributed by atoms with E-state index in [0.717, 1.165) is 18.7 Å². The first kappa shape index (κ1) is 15.0. The minimum atomic E-state index is 0.0432. The van der Waals surface area contributed by atoms with E-state index < -0.39 is 0 Å². The van der Waals surface area contributed by atoms with Crippen molar-refractivity contribution in [1.82, 2.24) is 19.9 Å². The molecule has 1 aliphatic heterocycles. The van der Waals surface area contributed by atoms with E-state index in [1.807, 2.05) is 17.9 Å². The average Bonchev–Trinajstić information content (AvgIpc) is 3.03. The van der Waals surface area contributed by atoms with Crippen LogP contribution in [0.3, 0.4) is 0 Å². The van der Waals surface area contributed by atoms with Crippen molar-refractivity contribution in [2.24, 2.45) is 0 Å². The highest BCUT2D eigenvalue weighted by molar-refractivity contribution is 7.17. The van der Waals surface area contributed by atoms with Gasteiger partial charge in [0.1, 0.15) is 4.88 Å². The molecule has 0 bridgehead atoms. The number of nitrogens with zero attached hydrogens (tertiary/aromatic N) is 4.